The topological polar surface area (TPSA) is 57.2 Å². The highest BCUT2D eigenvalue weighted by Gasteiger charge is 2.46. The van der Waals surface area contributed by atoms with Gasteiger partial charge in [-0.1, -0.05) is 91.0 Å². The molecule has 1 aliphatic heterocycles. The molecule has 0 aromatic heterocycles. The van der Waals surface area contributed by atoms with Gasteiger partial charge in [-0.2, -0.15) is 0 Å². The lowest BCUT2D eigenvalue weighted by Crippen LogP contribution is -2.38. The molecule has 0 bridgehead atoms. The first kappa shape index (κ1) is 20.7. The third-order valence-corrected chi connectivity index (χ3v) is 4.97. The minimum absolute atomic E-state index is 0.350. The van der Waals surface area contributed by atoms with Crippen molar-refractivity contribution in [3.05, 3.63) is 108 Å². The molecule has 1 heterocycles. The van der Waals surface area contributed by atoms with Crippen LogP contribution in [0.15, 0.2) is 91.0 Å². The van der Waals surface area contributed by atoms with Gasteiger partial charge in [-0.3, -0.25) is 0 Å². The van der Waals surface area contributed by atoms with E-state index in [1.54, 1.807) is 0 Å². The van der Waals surface area contributed by atoms with E-state index >= 15 is 0 Å². The lowest BCUT2D eigenvalue weighted by molar-refractivity contribution is -0.215. The second-order valence-electron chi connectivity index (χ2n) is 7.21. The van der Waals surface area contributed by atoms with Crippen molar-refractivity contribution in [3.8, 4) is 0 Å². The molecule has 0 radical (unpaired) electrons. The van der Waals surface area contributed by atoms with Gasteiger partial charge in [0, 0.05) is 0 Å². The molecule has 156 valence electrons. The van der Waals surface area contributed by atoms with Gasteiger partial charge in [0.2, 0.25) is 0 Å². The molecule has 5 heteroatoms. The summed E-state index contributed by atoms with van der Waals surface area (Å²) in [5.74, 6) is 0. The van der Waals surface area contributed by atoms with Gasteiger partial charge in [-0.05, 0) is 16.7 Å². The maximum atomic E-state index is 10.5. The van der Waals surface area contributed by atoms with E-state index in [2.05, 4.69) is 0 Å². The van der Waals surface area contributed by atoms with Crippen molar-refractivity contribution in [2.45, 2.75) is 44.6 Å². The Morgan fingerprint density at radius 2 is 0.967 bits per heavy atom. The van der Waals surface area contributed by atoms with Crippen LogP contribution in [0.4, 0.5) is 0 Å². The van der Waals surface area contributed by atoms with E-state index in [4.69, 9.17) is 18.9 Å². The van der Waals surface area contributed by atoms with E-state index in [-0.39, 0.29) is 0 Å². The zero-order chi connectivity index (χ0) is 20.6. The second kappa shape index (κ2) is 10.5. The molecule has 3 aromatic carbocycles. The van der Waals surface area contributed by atoms with Crippen LogP contribution in [0.25, 0.3) is 0 Å². The van der Waals surface area contributed by atoms with E-state index in [1.165, 1.54) is 0 Å². The zero-order valence-electron chi connectivity index (χ0n) is 16.7. The molecule has 0 unspecified atom stereocenters. The molecule has 0 aliphatic carbocycles. The Balaban J connectivity index is 1.43. The Kier molecular flexibility index (Phi) is 7.24. The minimum Gasteiger partial charge on any atom is -0.366 e. The standard InChI is InChI=1S/C25H26O5/c26-24-22(27-16-19-10-4-1-5-11-19)23(28-17-20-12-6-2-7-13-20)25(30-24)29-18-21-14-8-3-9-15-21/h1-15,22-26H,16-18H2/t22-,23+,24-,25-/m0/s1. The van der Waals surface area contributed by atoms with Gasteiger partial charge < -0.3 is 24.1 Å². The molecule has 1 saturated heterocycles. The summed E-state index contributed by atoms with van der Waals surface area (Å²) in [6, 6.07) is 29.5. The smallest absolute Gasteiger partial charge is 0.190 e. The van der Waals surface area contributed by atoms with Gasteiger partial charge in [0.25, 0.3) is 0 Å². The largest absolute Gasteiger partial charge is 0.366 e. The van der Waals surface area contributed by atoms with Gasteiger partial charge in [0.05, 0.1) is 19.8 Å². The van der Waals surface area contributed by atoms with Gasteiger partial charge >= 0.3 is 0 Å². The third-order valence-electron chi connectivity index (χ3n) is 4.97. The number of benzene rings is 3. The normalized spacial score (nSPS) is 23.5. The molecule has 4 rings (SSSR count). The lowest BCUT2D eigenvalue weighted by atomic mass is 10.2. The molecule has 1 aliphatic rings. The summed E-state index contributed by atoms with van der Waals surface area (Å²) >= 11 is 0. The molecular weight excluding hydrogens is 380 g/mol. The van der Waals surface area contributed by atoms with Gasteiger partial charge in [-0.25, -0.2) is 0 Å². The van der Waals surface area contributed by atoms with Crippen molar-refractivity contribution in [1.29, 1.82) is 0 Å². The molecule has 0 amide bonds. The molecule has 4 atom stereocenters. The third kappa shape index (κ3) is 5.53. The number of hydrogen-bond acceptors (Lipinski definition) is 5. The highest BCUT2D eigenvalue weighted by Crippen LogP contribution is 2.28. The summed E-state index contributed by atoms with van der Waals surface area (Å²) in [6.45, 7) is 1.08. The Labute approximate surface area is 176 Å². The summed E-state index contributed by atoms with van der Waals surface area (Å²) in [6.07, 6.45) is -3.08. The molecule has 5 nitrogen and oxygen atoms in total. The first-order valence-corrected chi connectivity index (χ1v) is 10.1. The Bertz CT molecular complexity index is 872. The maximum absolute atomic E-state index is 10.5. The van der Waals surface area contributed by atoms with Crippen molar-refractivity contribution in [1.82, 2.24) is 0 Å². The molecule has 0 saturated carbocycles. The predicted molar refractivity (Wildman–Crippen MR) is 112 cm³/mol. The van der Waals surface area contributed by atoms with Crippen molar-refractivity contribution >= 4 is 0 Å². The fourth-order valence-corrected chi connectivity index (χ4v) is 3.38. The lowest BCUT2D eigenvalue weighted by Gasteiger charge is -2.24. The van der Waals surface area contributed by atoms with Crippen molar-refractivity contribution in [2.75, 3.05) is 0 Å². The summed E-state index contributed by atoms with van der Waals surface area (Å²) in [4.78, 5) is 0. The van der Waals surface area contributed by atoms with Crippen LogP contribution in [0.2, 0.25) is 0 Å². The predicted octanol–water partition coefficient (Wildman–Crippen LogP) is 4.05. The summed E-state index contributed by atoms with van der Waals surface area (Å²) in [5.41, 5.74) is 3.06. The summed E-state index contributed by atoms with van der Waals surface area (Å²) in [5, 5.41) is 10.5. The van der Waals surface area contributed by atoms with Gasteiger partial charge in [-0.15, -0.1) is 0 Å². The number of rotatable bonds is 9. The van der Waals surface area contributed by atoms with Crippen LogP contribution >= 0.6 is 0 Å². The van der Waals surface area contributed by atoms with Crippen LogP contribution in [0.5, 0.6) is 0 Å². The number of aliphatic hydroxyl groups excluding tert-OH is 1. The number of ether oxygens (including phenoxy) is 4. The molecule has 1 N–H and O–H groups in total. The fraction of sp³-hybridized carbons (Fsp3) is 0.280. The van der Waals surface area contributed by atoms with Crippen LogP contribution in [0.3, 0.4) is 0 Å². The summed E-state index contributed by atoms with van der Waals surface area (Å²) in [7, 11) is 0. The zero-order valence-corrected chi connectivity index (χ0v) is 16.7. The van der Waals surface area contributed by atoms with Crippen molar-refractivity contribution in [2.24, 2.45) is 0 Å². The second-order valence-corrected chi connectivity index (χ2v) is 7.21. The van der Waals surface area contributed by atoms with E-state index in [0.29, 0.717) is 19.8 Å². The van der Waals surface area contributed by atoms with E-state index in [9.17, 15) is 5.11 Å². The van der Waals surface area contributed by atoms with Crippen LogP contribution in [0, 0.1) is 0 Å². The van der Waals surface area contributed by atoms with E-state index < -0.39 is 24.8 Å². The first-order valence-electron chi connectivity index (χ1n) is 10.1. The van der Waals surface area contributed by atoms with Crippen molar-refractivity contribution < 1.29 is 24.1 Å². The SMILES string of the molecule is O[C@H]1O[C@H](OCc2ccccc2)[C@H](OCc2ccccc2)[C@@H]1OCc1ccccc1. The first-order chi connectivity index (χ1) is 14.8. The highest BCUT2D eigenvalue weighted by atomic mass is 16.8. The van der Waals surface area contributed by atoms with E-state index in [0.717, 1.165) is 16.7 Å². The van der Waals surface area contributed by atoms with Crippen LogP contribution in [-0.4, -0.2) is 29.9 Å². The Morgan fingerprint density at radius 1 is 0.567 bits per heavy atom. The average Bonchev–Trinajstić information content (AvgIpc) is 3.11. The number of hydrogen-bond donors (Lipinski definition) is 1. The minimum atomic E-state index is -1.13. The highest BCUT2D eigenvalue weighted by molar-refractivity contribution is 5.15. The average molecular weight is 406 g/mol. The van der Waals surface area contributed by atoms with Crippen molar-refractivity contribution in [3.63, 3.8) is 0 Å². The molecular formula is C25H26O5. The monoisotopic (exact) mass is 406 g/mol. The maximum Gasteiger partial charge on any atom is 0.190 e. The van der Waals surface area contributed by atoms with Crippen LogP contribution in [-0.2, 0) is 38.8 Å². The summed E-state index contributed by atoms with van der Waals surface area (Å²) < 4.78 is 23.8. The van der Waals surface area contributed by atoms with Gasteiger partial charge in [0.15, 0.2) is 12.6 Å². The molecule has 0 spiro atoms. The molecule has 1 fully saturated rings. The molecule has 30 heavy (non-hydrogen) atoms. The quantitative estimate of drug-likeness (QED) is 0.581. The molecule has 3 aromatic rings. The Morgan fingerprint density at radius 3 is 1.43 bits per heavy atom. The van der Waals surface area contributed by atoms with Crippen LogP contribution in [0.1, 0.15) is 16.7 Å². The van der Waals surface area contributed by atoms with Gasteiger partial charge in [0.1, 0.15) is 12.2 Å². The van der Waals surface area contributed by atoms with Crippen LogP contribution < -0.4 is 0 Å². The fourth-order valence-electron chi connectivity index (χ4n) is 3.38. The van der Waals surface area contributed by atoms with E-state index in [1.807, 2.05) is 91.0 Å². The Hall–Kier alpha value is -2.54. The number of aliphatic hydroxyl groups is 1.